The third-order valence-corrected chi connectivity index (χ3v) is 7.46. The number of fused-ring (bicyclic) bond motifs is 1. The minimum Gasteiger partial charge on any atom is -0.390 e. The second-order valence-corrected chi connectivity index (χ2v) is 9.90. The Bertz CT molecular complexity index is 1110. The molecule has 1 N–H and O–H groups in total. The Labute approximate surface area is 178 Å². The van der Waals surface area contributed by atoms with E-state index in [2.05, 4.69) is 4.90 Å². The minimum atomic E-state index is -3.83. The van der Waals surface area contributed by atoms with Gasteiger partial charge in [-0.05, 0) is 67.9 Å². The quantitative estimate of drug-likeness (QED) is 0.627. The number of aliphatic hydroxyl groups excluding tert-OH is 1. The van der Waals surface area contributed by atoms with E-state index in [9.17, 15) is 13.5 Å². The van der Waals surface area contributed by atoms with Gasteiger partial charge in [0.1, 0.15) is 0 Å². The number of anilines is 1. The van der Waals surface area contributed by atoms with Crippen molar-refractivity contribution in [1.82, 2.24) is 4.90 Å². The summed E-state index contributed by atoms with van der Waals surface area (Å²) in [4.78, 5) is 2.43. The van der Waals surface area contributed by atoms with Crippen LogP contribution >= 0.6 is 0 Å². The fourth-order valence-corrected chi connectivity index (χ4v) is 5.56. The van der Waals surface area contributed by atoms with Crippen molar-refractivity contribution in [2.24, 2.45) is 0 Å². The number of likely N-dealkylation sites (tertiary alicyclic amines) is 1. The van der Waals surface area contributed by atoms with Gasteiger partial charge in [0.2, 0.25) is 0 Å². The summed E-state index contributed by atoms with van der Waals surface area (Å²) < 4.78 is 28.6. The molecule has 4 rings (SSSR count). The number of aliphatic hydroxyl groups is 1. The average molecular weight is 425 g/mol. The van der Waals surface area contributed by atoms with Crippen LogP contribution in [0.2, 0.25) is 0 Å². The Morgan fingerprint density at radius 1 is 0.967 bits per heavy atom. The highest BCUT2D eigenvalue weighted by Gasteiger charge is 2.28. The number of hydrogen-bond acceptors (Lipinski definition) is 4. The maximum Gasteiger partial charge on any atom is 0.264 e. The zero-order chi connectivity index (χ0) is 21.1. The summed E-state index contributed by atoms with van der Waals surface area (Å²) in [6, 6.07) is 20.3. The summed E-state index contributed by atoms with van der Waals surface area (Å²) in [5, 5.41) is 12.6. The van der Waals surface area contributed by atoms with Gasteiger partial charge in [-0.1, -0.05) is 48.0 Å². The van der Waals surface area contributed by atoms with Gasteiger partial charge in [0, 0.05) is 6.54 Å². The van der Waals surface area contributed by atoms with Crippen molar-refractivity contribution < 1.29 is 13.5 Å². The monoisotopic (exact) mass is 424 g/mol. The van der Waals surface area contributed by atoms with E-state index in [-0.39, 0.29) is 11.4 Å². The Morgan fingerprint density at radius 2 is 1.63 bits per heavy atom. The van der Waals surface area contributed by atoms with Crippen LogP contribution in [0.4, 0.5) is 5.69 Å². The molecule has 0 amide bonds. The average Bonchev–Trinajstić information content (AvgIpc) is 3.25. The lowest BCUT2D eigenvalue weighted by Crippen LogP contribution is -2.42. The molecule has 1 unspecified atom stereocenters. The third-order valence-electron chi connectivity index (χ3n) is 5.68. The zero-order valence-electron chi connectivity index (χ0n) is 17.2. The van der Waals surface area contributed by atoms with Gasteiger partial charge in [0.25, 0.3) is 10.0 Å². The van der Waals surface area contributed by atoms with Gasteiger partial charge in [-0.2, -0.15) is 0 Å². The molecule has 3 aromatic rings. The van der Waals surface area contributed by atoms with Crippen molar-refractivity contribution in [2.75, 3.05) is 30.5 Å². The number of hydrogen-bond donors (Lipinski definition) is 1. The third kappa shape index (κ3) is 4.51. The first-order chi connectivity index (χ1) is 14.4. The number of benzene rings is 3. The molecule has 5 nitrogen and oxygen atoms in total. The lowest BCUT2D eigenvalue weighted by Gasteiger charge is -2.29. The molecular weight excluding hydrogens is 396 g/mol. The number of sulfonamides is 1. The van der Waals surface area contributed by atoms with Gasteiger partial charge >= 0.3 is 0 Å². The lowest BCUT2D eigenvalue weighted by molar-refractivity contribution is 0.132. The van der Waals surface area contributed by atoms with Crippen LogP contribution in [0.15, 0.2) is 71.6 Å². The second-order valence-electron chi connectivity index (χ2n) is 8.04. The predicted octanol–water partition coefficient (Wildman–Crippen LogP) is 3.80. The van der Waals surface area contributed by atoms with Crippen molar-refractivity contribution in [3.8, 4) is 0 Å². The molecule has 0 saturated carbocycles. The summed E-state index contributed by atoms with van der Waals surface area (Å²) in [7, 11) is -3.83. The van der Waals surface area contributed by atoms with Crippen molar-refractivity contribution in [2.45, 2.75) is 30.8 Å². The summed E-state index contributed by atoms with van der Waals surface area (Å²) in [5.41, 5.74) is 1.62. The van der Waals surface area contributed by atoms with E-state index >= 15 is 0 Å². The molecule has 1 atom stereocenters. The molecule has 0 aromatic heterocycles. The number of aryl methyl sites for hydroxylation is 1. The van der Waals surface area contributed by atoms with E-state index in [1.807, 2.05) is 49.4 Å². The zero-order valence-corrected chi connectivity index (χ0v) is 18.1. The SMILES string of the molecule is Cc1ccc(N(CC(O)CN2CCCC2)S(=O)(=O)c2ccc3ccccc3c2)cc1. The molecule has 158 valence electrons. The topological polar surface area (TPSA) is 60.9 Å². The van der Waals surface area contributed by atoms with Gasteiger partial charge < -0.3 is 10.0 Å². The van der Waals surface area contributed by atoms with Crippen LogP contribution in [-0.2, 0) is 10.0 Å². The van der Waals surface area contributed by atoms with Gasteiger partial charge in [0.15, 0.2) is 0 Å². The maximum absolute atomic E-state index is 13.6. The molecule has 1 saturated heterocycles. The van der Waals surface area contributed by atoms with Crippen LogP contribution in [0.25, 0.3) is 10.8 Å². The molecule has 30 heavy (non-hydrogen) atoms. The number of β-amino-alcohol motifs (C(OH)–C–C–N with tert-alkyl or cyclic N) is 1. The van der Waals surface area contributed by atoms with Crippen molar-refractivity contribution in [1.29, 1.82) is 0 Å². The van der Waals surface area contributed by atoms with E-state index in [1.165, 1.54) is 4.31 Å². The Hall–Kier alpha value is -2.41. The number of rotatable bonds is 7. The molecule has 0 aliphatic carbocycles. The molecule has 1 aliphatic rings. The van der Waals surface area contributed by atoms with Crippen LogP contribution in [0.1, 0.15) is 18.4 Å². The smallest absolute Gasteiger partial charge is 0.264 e. The summed E-state index contributed by atoms with van der Waals surface area (Å²) >= 11 is 0. The fourth-order valence-electron chi connectivity index (χ4n) is 4.02. The largest absolute Gasteiger partial charge is 0.390 e. The fraction of sp³-hybridized carbons (Fsp3) is 0.333. The minimum absolute atomic E-state index is 0.0225. The van der Waals surface area contributed by atoms with Crippen LogP contribution in [0, 0.1) is 6.92 Å². The highest BCUT2D eigenvalue weighted by Crippen LogP contribution is 2.27. The summed E-state index contributed by atoms with van der Waals surface area (Å²) in [6.07, 6.45) is 1.49. The molecule has 1 aliphatic heterocycles. The molecule has 0 spiro atoms. The highest BCUT2D eigenvalue weighted by atomic mass is 32.2. The van der Waals surface area contributed by atoms with E-state index < -0.39 is 16.1 Å². The first-order valence-electron chi connectivity index (χ1n) is 10.4. The van der Waals surface area contributed by atoms with Crippen LogP contribution in [-0.4, -0.2) is 50.7 Å². The molecular formula is C24H28N2O3S. The van der Waals surface area contributed by atoms with E-state index in [0.717, 1.165) is 42.3 Å². The Kier molecular flexibility index (Phi) is 6.09. The van der Waals surface area contributed by atoms with E-state index in [1.54, 1.807) is 24.3 Å². The molecule has 6 heteroatoms. The van der Waals surface area contributed by atoms with Gasteiger partial charge in [-0.25, -0.2) is 8.42 Å². The molecule has 1 heterocycles. The normalized spacial score (nSPS) is 16.1. The van der Waals surface area contributed by atoms with Crippen molar-refractivity contribution >= 4 is 26.5 Å². The summed E-state index contributed by atoms with van der Waals surface area (Å²) in [5.74, 6) is 0. The lowest BCUT2D eigenvalue weighted by atomic mass is 10.1. The van der Waals surface area contributed by atoms with Crippen LogP contribution in [0.5, 0.6) is 0 Å². The van der Waals surface area contributed by atoms with Crippen LogP contribution < -0.4 is 4.31 Å². The highest BCUT2D eigenvalue weighted by molar-refractivity contribution is 7.92. The molecule has 3 aromatic carbocycles. The van der Waals surface area contributed by atoms with E-state index in [0.29, 0.717) is 12.2 Å². The maximum atomic E-state index is 13.6. The van der Waals surface area contributed by atoms with Crippen molar-refractivity contribution in [3.05, 3.63) is 72.3 Å². The summed E-state index contributed by atoms with van der Waals surface area (Å²) in [6.45, 7) is 4.39. The number of nitrogens with zero attached hydrogens (tertiary/aromatic N) is 2. The predicted molar refractivity (Wildman–Crippen MR) is 121 cm³/mol. The molecule has 0 bridgehead atoms. The molecule has 0 radical (unpaired) electrons. The molecule has 1 fully saturated rings. The second kappa shape index (κ2) is 8.76. The standard InChI is InChI=1S/C24H28N2O3S/c1-19-8-11-22(12-9-19)26(18-23(27)17-25-14-4-5-15-25)30(28,29)24-13-10-20-6-2-3-7-21(20)16-24/h2-3,6-13,16,23,27H,4-5,14-15,17-18H2,1H3. The van der Waals surface area contributed by atoms with E-state index in [4.69, 9.17) is 0 Å². The Balaban J connectivity index is 1.68. The Morgan fingerprint density at radius 3 is 2.33 bits per heavy atom. The first-order valence-corrected chi connectivity index (χ1v) is 11.9. The first kappa shape index (κ1) is 20.8. The van der Waals surface area contributed by atoms with Crippen molar-refractivity contribution in [3.63, 3.8) is 0 Å². The van der Waals surface area contributed by atoms with Gasteiger partial charge in [0.05, 0.1) is 23.2 Å². The van der Waals surface area contributed by atoms with Gasteiger partial charge in [-0.3, -0.25) is 4.31 Å². The van der Waals surface area contributed by atoms with Crippen LogP contribution in [0.3, 0.4) is 0 Å². The van der Waals surface area contributed by atoms with Gasteiger partial charge in [-0.15, -0.1) is 0 Å².